The summed E-state index contributed by atoms with van der Waals surface area (Å²) < 4.78 is 0. The van der Waals surface area contributed by atoms with E-state index in [1.165, 1.54) is 6.34 Å². The molecule has 0 bridgehead atoms. The first kappa shape index (κ1) is 11.3. The number of hydrogen-bond acceptors (Lipinski definition) is 4. The van der Waals surface area contributed by atoms with Gasteiger partial charge in [-0.1, -0.05) is 0 Å². The van der Waals surface area contributed by atoms with Gasteiger partial charge in [0.2, 0.25) is 5.91 Å². The monoisotopic (exact) mass is 222 g/mol. The minimum absolute atomic E-state index is 0.0577. The third-order valence-corrected chi connectivity index (χ3v) is 3.24. The molecule has 3 atom stereocenters. The molecule has 0 saturated heterocycles. The van der Waals surface area contributed by atoms with E-state index in [1.807, 2.05) is 7.05 Å². The second-order valence-corrected chi connectivity index (χ2v) is 4.39. The number of amides is 1. The molecule has 1 amide bonds. The Bertz CT molecular complexity index is 313. The van der Waals surface area contributed by atoms with Gasteiger partial charge in [0, 0.05) is 18.3 Å². The molecule has 16 heavy (non-hydrogen) atoms. The first-order valence-electron chi connectivity index (χ1n) is 5.79. The second-order valence-electron chi connectivity index (χ2n) is 4.39. The van der Waals surface area contributed by atoms with Crippen molar-refractivity contribution in [2.75, 3.05) is 13.6 Å². The van der Waals surface area contributed by atoms with E-state index in [2.05, 4.69) is 20.6 Å². The largest absolute Gasteiger partial charge is 0.353 e. The van der Waals surface area contributed by atoms with Crippen LogP contribution >= 0.6 is 0 Å². The number of aliphatic imine (C=N–C) groups is 2. The average Bonchev–Trinajstić information content (AvgIpc) is 2.78. The zero-order valence-corrected chi connectivity index (χ0v) is 9.52. The summed E-state index contributed by atoms with van der Waals surface area (Å²) in [6.45, 7) is 0.525. The zero-order valence-electron chi connectivity index (χ0n) is 9.52. The molecule has 2 N–H and O–H groups in total. The summed E-state index contributed by atoms with van der Waals surface area (Å²) in [6.07, 6.45) is 6.39. The van der Waals surface area contributed by atoms with Crippen molar-refractivity contribution in [2.45, 2.75) is 31.3 Å². The van der Waals surface area contributed by atoms with Gasteiger partial charge in [0.25, 0.3) is 0 Å². The number of nitrogens with zero attached hydrogens (tertiary/aromatic N) is 2. The number of hydrogen-bond donors (Lipinski definition) is 2. The molecule has 1 heterocycles. The molecule has 5 nitrogen and oxygen atoms in total. The molecule has 1 aliphatic heterocycles. The summed E-state index contributed by atoms with van der Waals surface area (Å²) >= 11 is 0. The van der Waals surface area contributed by atoms with Gasteiger partial charge in [0.15, 0.2) is 0 Å². The lowest BCUT2D eigenvalue weighted by molar-refractivity contribution is -0.123. The molecule has 1 aliphatic carbocycles. The van der Waals surface area contributed by atoms with Crippen LogP contribution in [0.15, 0.2) is 9.98 Å². The highest BCUT2D eigenvalue weighted by atomic mass is 16.2. The summed E-state index contributed by atoms with van der Waals surface area (Å²) in [4.78, 5) is 19.7. The quantitative estimate of drug-likeness (QED) is 0.704. The van der Waals surface area contributed by atoms with Gasteiger partial charge < -0.3 is 10.6 Å². The van der Waals surface area contributed by atoms with Crippen molar-refractivity contribution in [3.05, 3.63) is 0 Å². The average molecular weight is 222 g/mol. The molecule has 88 valence electrons. The van der Waals surface area contributed by atoms with Gasteiger partial charge in [0.05, 0.1) is 12.5 Å². The van der Waals surface area contributed by atoms with Gasteiger partial charge >= 0.3 is 0 Å². The Hall–Kier alpha value is -1.23. The number of nitrogens with one attached hydrogen (secondary N) is 2. The Labute approximate surface area is 95.4 Å². The normalized spacial score (nSPS) is 32.9. The van der Waals surface area contributed by atoms with E-state index in [9.17, 15) is 4.79 Å². The Balaban J connectivity index is 1.79. The van der Waals surface area contributed by atoms with Crippen LogP contribution in [-0.4, -0.2) is 44.1 Å². The Kier molecular flexibility index (Phi) is 3.66. The van der Waals surface area contributed by atoms with Gasteiger partial charge in [-0.25, -0.2) is 4.99 Å². The molecule has 5 heteroatoms. The van der Waals surface area contributed by atoms with E-state index in [1.54, 1.807) is 6.21 Å². The first-order valence-corrected chi connectivity index (χ1v) is 5.79. The zero-order chi connectivity index (χ0) is 11.4. The maximum absolute atomic E-state index is 11.9. The Morgan fingerprint density at radius 2 is 2.19 bits per heavy atom. The smallest absolute Gasteiger partial charge is 0.230 e. The van der Waals surface area contributed by atoms with Crippen LogP contribution in [0.1, 0.15) is 19.3 Å². The van der Waals surface area contributed by atoms with Crippen LogP contribution in [0.25, 0.3) is 0 Å². The number of carbonyl (C=O) groups excluding carboxylic acids is 1. The van der Waals surface area contributed by atoms with Crippen molar-refractivity contribution in [3.8, 4) is 0 Å². The predicted molar refractivity (Wildman–Crippen MR) is 64.0 cm³/mol. The summed E-state index contributed by atoms with van der Waals surface area (Å²) in [5.41, 5.74) is 0. The maximum atomic E-state index is 11.9. The fraction of sp³-hybridized carbons (Fsp3) is 0.727. The molecule has 3 unspecified atom stereocenters. The predicted octanol–water partition coefficient (Wildman–Crippen LogP) is -0.0280. The maximum Gasteiger partial charge on any atom is 0.230 e. The third kappa shape index (κ3) is 2.66. The SMILES string of the molecule is CNC1CCC(NC(=O)C2C=NC=NC2)C1. The number of carbonyl (C=O) groups is 1. The van der Waals surface area contributed by atoms with Crippen LogP contribution in [0.4, 0.5) is 0 Å². The van der Waals surface area contributed by atoms with Gasteiger partial charge in [-0.05, 0) is 26.3 Å². The van der Waals surface area contributed by atoms with E-state index < -0.39 is 0 Å². The topological polar surface area (TPSA) is 65.8 Å². The van der Waals surface area contributed by atoms with E-state index in [-0.39, 0.29) is 11.8 Å². The lowest BCUT2D eigenvalue weighted by Gasteiger charge is -2.17. The van der Waals surface area contributed by atoms with Crippen molar-refractivity contribution >= 4 is 18.5 Å². The van der Waals surface area contributed by atoms with Crippen molar-refractivity contribution in [2.24, 2.45) is 15.9 Å². The molecule has 0 aromatic carbocycles. The molecule has 0 aromatic heterocycles. The summed E-state index contributed by atoms with van der Waals surface area (Å²) in [6, 6.07) is 0.854. The molecule has 0 spiro atoms. The van der Waals surface area contributed by atoms with E-state index in [4.69, 9.17) is 0 Å². The highest BCUT2D eigenvalue weighted by molar-refractivity contribution is 5.96. The molecule has 2 rings (SSSR count). The Morgan fingerprint density at radius 1 is 1.38 bits per heavy atom. The van der Waals surface area contributed by atoms with Gasteiger partial charge in [-0.15, -0.1) is 0 Å². The summed E-state index contributed by atoms with van der Waals surface area (Å²) in [7, 11) is 1.97. The van der Waals surface area contributed by atoms with Crippen molar-refractivity contribution in [1.82, 2.24) is 10.6 Å². The fourth-order valence-electron chi connectivity index (χ4n) is 2.23. The highest BCUT2D eigenvalue weighted by Crippen LogP contribution is 2.19. The standard InChI is InChI=1S/C11H18N4O/c1-12-9-2-3-10(4-9)15-11(16)8-5-13-7-14-6-8/h5,7-10,12H,2-4,6H2,1H3,(H,15,16). The molecular weight excluding hydrogens is 204 g/mol. The summed E-state index contributed by atoms with van der Waals surface area (Å²) in [5, 5.41) is 6.31. The second kappa shape index (κ2) is 5.21. The van der Waals surface area contributed by atoms with Crippen LogP contribution in [0.5, 0.6) is 0 Å². The molecule has 0 aromatic rings. The molecule has 1 saturated carbocycles. The Morgan fingerprint density at radius 3 is 2.81 bits per heavy atom. The minimum Gasteiger partial charge on any atom is -0.353 e. The van der Waals surface area contributed by atoms with Crippen LogP contribution in [0, 0.1) is 5.92 Å². The van der Waals surface area contributed by atoms with Crippen molar-refractivity contribution < 1.29 is 4.79 Å². The lowest BCUT2D eigenvalue weighted by Crippen LogP contribution is -2.40. The summed E-state index contributed by atoms with van der Waals surface area (Å²) in [5.74, 6) is -0.124. The van der Waals surface area contributed by atoms with E-state index in [0.29, 0.717) is 18.6 Å². The van der Waals surface area contributed by atoms with Gasteiger partial charge in [0.1, 0.15) is 6.34 Å². The van der Waals surface area contributed by atoms with Crippen LogP contribution in [0.2, 0.25) is 0 Å². The molecule has 1 fully saturated rings. The molecular formula is C11H18N4O. The van der Waals surface area contributed by atoms with Crippen molar-refractivity contribution in [3.63, 3.8) is 0 Å². The van der Waals surface area contributed by atoms with Crippen molar-refractivity contribution in [1.29, 1.82) is 0 Å². The van der Waals surface area contributed by atoms with Crippen LogP contribution in [-0.2, 0) is 4.79 Å². The fourth-order valence-corrected chi connectivity index (χ4v) is 2.23. The highest BCUT2D eigenvalue weighted by Gasteiger charge is 2.27. The molecule has 2 aliphatic rings. The molecule has 0 radical (unpaired) electrons. The van der Waals surface area contributed by atoms with Crippen LogP contribution < -0.4 is 10.6 Å². The van der Waals surface area contributed by atoms with Crippen LogP contribution in [0.3, 0.4) is 0 Å². The first-order chi connectivity index (χ1) is 7.79. The van der Waals surface area contributed by atoms with Gasteiger partial charge in [-0.3, -0.25) is 9.79 Å². The van der Waals surface area contributed by atoms with E-state index in [0.717, 1.165) is 19.3 Å². The third-order valence-electron chi connectivity index (χ3n) is 3.24. The van der Waals surface area contributed by atoms with Gasteiger partial charge in [-0.2, -0.15) is 0 Å². The minimum atomic E-state index is -0.182. The lowest BCUT2D eigenvalue weighted by atomic mass is 10.1. The van der Waals surface area contributed by atoms with E-state index >= 15 is 0 Å². The number of rotatable bonds is 3.